The van der Waals surface area contributed by atoms with Crippen molar-refractivity contribution in [2.75, 3.05) is 25.4 Å². The van der Waals surface area contributed by atoms with Crippen molar-refractivity contribution in [1.29, 1.82) is 0 Å². The number of sulfonamides is 1. The zero-order valence-corrected chi connectivity index (χ0v) is 19.4. The first-order valence-corrected chi connectivity index (χ1v) is 11.7. The van der Waals surface area contributed by atoms with E-state index in [0.29, 0.717) is 5.56 Å². The van der Waals surface area contributed by atoms with Crippen molar-refractivity contribution < 1.29 is 22.0 Å². The number of anilines is 1. The van der Waals surface area contributed by atoms with Gasteiger partial charge in [-0.15, -0.1) is 0 Å². The molecule has 174 valence electrons. The van der Waals surface area contributed by atoms with Gasteiger partial charge in [-0.1, -0.05) is 23.7 Å². The normalized spacial score (nSPS) is 12.4. The van der Waals surface area contributed by atoms with Crippen LogP contribution in [0.5, 0.6) is 0 Å². The summed E-state index contributed by atoms with van der Waals surface area (Å²) < 4.78 is 54.2. The molecular weight excluding hydrogens is 472 g/mol. The maximum Gasteiger partial charge on any atom is 0.261 e. The van der Waals surface area contributed by atoms with E-state index in [4.69, 9.17) is 11.6 Å². The lowest BCUT2D eigenvalue weighted by molar-refractivity contribution is 0.0942. The Morgan fingerprint density at radius 2 is 1.70 bits per heavy atom. The molecule has 3 aromatic carbocycles. The zero-order valence-electron chi connectivity index (χ0n) is 17.8. The molecule has 33 heavy (non-hydrogen) atoms. The number of halogens is 3. The summed E-state index contributed by atoms with van der Waals surface area (Å²) in [6.45, 7) is 0.189. The molecule has 0 saturated heterocycles. The summed E-state index contributed by atoms with van der Waals surface area (Å²) in [6.07, 6.45) is 0. The van der Waals surface area contributed by atoms with Gasteiger partial charge in [0.15, 0.2) is 0 Å². The quantitative estimate of drug-likeness (QED) is 0.486. The summed E-state index contributed by atoms with van der Waals surface area (Å²) in [6, 6.07) is 14.3. The molecule has 3 aromatic rings. The van der Waals surface area contributed by atoms with Crippen LogP contribution in [0.2, 0.25) is 5.02 Å². The van der Waals surface area contributed by atoms with Crippen LogP contribution in [-0.2, 0) is 10.0 Å². The summed E-state index contributed by atoms with van der Waals surface area (Å²) in [5.41, 5.74) is 0.875. The van der Waals surface area contributed by atoms with Crippen LogP contribution in [0.1, 0.15) is 22.0 Å². The first kappa shape index (κ1) is 24.6. The second-order valence-electron chi connectivity index (χ2n) is 7.50. The number of hydrogen-bond acceptors (Lipinski definition) is 4. The van der Waals surface area contributed by atoms with Gasteiger partial charge in [0.2, 0.25) is 0 Å². The maximum absolute atomic E-state index is 13.6. The van der Waals surface area contributed by atoms with E-state index in [0.717, 1.165) is 24.3 Å². The third-order valence-electron chi connectivity index (χ3n) is 4.91. The number of benzene rings is 3. The van der Waals surface area contributed by atoms with Crippen molar-refractivity contribution >= 4 is 33.2 Å². The molecule has 0 spiro atoms. The van der Waals surface area contributed by atoms with Crippen molar-refractivity contribution in [3.05, 3.63) is 94.5 Å². The van der Waals surface area contributed by atoms with Gasteiger partial charge in [0, 0.05) is 12.1 Å². The molecule has 2 N–H and O–H groups in total. The molecule has 10 heteroatoms. The van der Waals surface area contributed by atoms with E-state index < -0.39 is 21.7 Å². The topological polar surface area (TPSA) is 78.5 Å². The zero-order chi connectivity index (χ0) is 24.2. The molecule has 3 rings (SSSR count). The molecule has 1 atom stereocenters. The van der Waals surface area contributed by atoms with E-state index in [2.05, 4.69) is 10.0 Å². The Kier molecular flexibility index (Phi) is 7.68. The highest BCUT2D eigenvalue weighted by Crippen LogP contribution is 2.26. The Bertz CT molecular complexity index is 1250. The Balaban J connectivity index is 1.76. The van der Waals surface area contributed by atoms with Crippen LogP contribution in [0, 0.1) is 11.6 Å². The van der Waals surface area contributed by atoms with Crippen LogP contribution < -0.4 is 10.0 Å². The molecule has 0 aliphatic carbocycles. The molecule has 0 radical (unpaired) electrons. The van der Waals surface area contributed by atoms with E-state index in [9.17, 15) is 22.0 Å². The number of nitrogens with zero attached hydrogens (tertiary/aromatic N) is 1. The number of rotatable bonds is 8. The molecule has 6 nitrogen and oxygen atoms in total. The molecule has 0 bridgehead atoms. The van der Waals surface area contributed by atoms with Crippen molar-refractivity contribution in [3.63, 3.8) is 0 Å². The fraction of sp³-hybridized carbons (Fsp3) is 0.174. The summed E-state index contributed by atoms with van der Waals surface area (Å²) in [5.74, 6) is -1.40. The van der Waals surface area contributed by atoms with Crippen LogP contribution >= 0.6 is 11.6 Å². The average Bonchev–Trinajstić information content (AvgIpc) is 2.75. The smallest absolute Gasteiger partial charge is 0.261 e. The fourth-order valence-corrected chi connectivity index (χ4v) is 4.46. The third kappa shape index (κ3) is 6.28. The van der Waals surface area contributed by atoms with Gasteiger partial charge >= 0.3 is 0 Å². The number of nitrogens with one attached hydrogen (secondary N) is 2. The lowest BCUT2D eigenvalue weighted by Crippen LogP contribution is -2.34. The minimum absolute atomic E-state index is 0.00271. The first-order chi connectivity index (χ1) is 15.6. The number of likely N-dealkylation sites (N-methyl/N-ethyl adjacent to an activating group) is 1. The third-order valence-corrected chi connectivity index (χ3v) is 6.62. The lowest BCUT2D eigenvalue weighted by Gasteiger charge is -2.25. The van der Waals surface area contributed by atoms with Gasteiger partial charge in [-0.25, -0.2) is 17.2 Å². The van der Waals surface area contributed by atoms with Crippen molar-refractivity contribution in [2.45, 2.75) is 10.9 Å². The van der Waals surface area contributed by atoms with Gasteiger partial charge in [0.05, 0.1) is 21.6 Å². The van der Waals surface area contributed by atoms with E-state index in [1.807, 2.05) is 19.0 Å². The number of hydrogen-bond donors (Lipinski definition) is 2. The van der Waals surface area contributed by atoms with Gasteiger partial charge in [-0.2, -0.15) is 0 Å². The predicted molar refractivity (Wildman–Crippen MR) is 124 cm³/mol. The predicted octanol–water partition coefficient (Wildman–Crippen LogP) is 4.45. The van der Waals surface area contributed by atoms with Crippen molar-refractivity contribution in [2.24, 2.45) is 0 Å². The van der Waals surface area contributed by atoms with Crippen molar-refractivity contribution in [3.8, 4) is 0 Å². The Morgan fingerprint density at radius 3 is 2.33 bits per heavy atom. The summed E-state index contributed by atoms with van der Waals surface area (Å²) in [7, 11) is -0.423. The fourth-order valence-electron chi connectivity index (χ4n) is 3.17. The average molecular weight is 494 g/mol. The molecule has 0 saturated carbocycles. The van der Waals surface area contributed by atoms with Crippen molar-refractivity contribution in [1.82, 2.24) is 10.2 Å². The molecular formula is C23H22ClF2N3O3S. The van der Waals surface area contributed by atoms with Gasteiger partial charge in [-0.3, -0.25) is 9.52 Å². The molecule has 0 aliphatic rings. The molecule has 0 aliphatic heterocycles. The van der Waals surface area contributed by atoms with Crippen LogP contribution in [-0.4, -0.2) is 39.9 Å². The number of amides is 1. The minimum Gasteiger partial charge on any atom is -0.350 e. The number of carbonyl (C=O) groups excluding carboxylic acids is 1. The van der Waals surface area contributed by atoms with Gasteiger partial charge < -0.3 is 10.2 Å². The Morgan fingerprint density at radius 1 is 1.00 bits per heavy atom. The second-order valence-corrected chi connectivity index (χ2v) is 9.59. The largest absolute Gasteiger partial charge is 0.350 e. The molecule has 0 fully saturated rings. The Hall–Kier alpha value is -3.01. The Labute approximate surface area is 196 Å². The van der Waals surface area contributed by atoms with Gasteiger partial charge in [0.25, 0.3) is 15.9 Å². The van der Waals surface area contributed by atoms with E-state index in [1.165, 1.54) is 30.3 Å². The van der Waals surface area contributed by atoms with E-state index in [-0.39, 0.29) is 39.6 Å². The summed E-state index contributed by atoms with van der Waals surface area (Å²) >= 11 is 6.12. The lowest BCUT2D eigenvalue weighted by atomic mass is 10.1. The van der Waals surface area contributed by atoms with E-state index in [1.54, 1.807) is 12.1 Å². The van der Waals surface area contributed by atoms with E-state index >= 15 is 0 Å². The number of carbonyl (C=O) groups is 1. The van der Waals surface area contributed by atoms with Crippen LogP contribution in [0.25, 0.3) is 0 Å². The summed E-state index contributed by atoms with van der Waals surface area (Å²) in [4.78, 5) is 14.4. The molecule has 0 heterocycles. The first-order valence-electron chi connectivity index (χ1n) is 9.85. The highest BCUT2D eigenvalue weighted by atomic mass is 35.5. The molecule has 1 unspecified atom stereocenters. The molecule has 1 amide bonds. The highest BCUT2D eigenvalue weighted by molar-refractivity contribution is 7.92. The second kappa shape index (κ2) is 10.3. The molecule has 0 aromatic heterocycles. The standard InChI is InChI=1S/C23H22ClF2N3O3S/c1-29(2)22(15-4-3-5-18(26)12-15)14-27-23(30)16-6-11-20(24)21(13-16)28-33(31,32)19-9-7-17(25)8-10-19/h3-13,22,28H,14H2,1-2H3,(H,27,30). The SMILES string of the molecule is CN(C)C(CNC(=O)c1ccc(Cl)c(NS(=O)(=O)c2ccc(F)cc2)c1)c1cccc(F)c1. The summed E-state index contributed by atoms with van der Waals surface area (Å²) in [5, 5.41) is 2.87. The maximum atomic E-state index is 13.6. The minimum atomic E-state index is -4.05. The van der Waals surface area contributed by atoms with Crippen LogP contribution in [0.4, 0.5) is 14.5 Å². The van der Waals surface area contributed by atoms with Gasteiger partial charge in [-0.05, 0) is 74.3 Å². The van der Waals surface area contributed by atoms with Crippen LogP contribution in [0.3, 0.4) is 0 Å². The monoisotopic (exact) mass is 493 g/mol. The highest BCUT2D eigenvalue weighted by Gasteiger charge is 2.19. The van der Waals surface area contributed by atoms with Gasteiger partial charge in [0.1, 0.15) is 11.6 Å². The van der Waals surface area contributed by atoms with Crippen LogP contribution in [0.15, 0.2) is 71.6 Å².